The number of nitrogens with one attached hydrogen (secondary N) is 1. The smallest absolute Gasteiger partial charge is 0.251 e. The van der Waals surface area contributed by atoms with Gasteiger partial charge < -0.3 is 25.0 Å². The van der Waals surface area contributed by atoms with Crippen molar-refractivity contribution in [2.75, 3.05) is 18.1 Å². The van der Waals surface area contributed by atoms with E-state index in [0.717, 1.165) is 39.1 Å². The van der Waals surface area contributed by atoms with Crippen LogP contribution in [-0.2, 0) is 22.6 Å². The van der Waals surface area contributed by atoms with Crippen molar-refractivity contribution in [1.29, 1.82) is 0 Å². The van der Waals surface area contributed by atoms with E-state index in [-0.39, 0.29) is 31.3 Å². The fourth-order valence-electron chi connectivity index (χ4n) is 4.95. The van der Waals surface area contributed by atoms with Gasteiger partial charge >= 0.3 is 0 Å². The van der Waals surface area contributed by atoms with Crippen LogP contribution in [0.4, 0.5) is 0 Å². The van der Waals surface area contributed by atoms with Crippen molar-refractivity contribution in [3.8, 4) is 11.1 Å². The zero-order chi connectivity index (χ0) is 28.4. The largest absolute Gasteiger partial charge is 0.396 e. The summed E-state index contributed by atoms with van der Waals surface area (Å²) in [5.74, 6) is 1.34. The quantitative estimate of drug-likeness (QED) is 0.191. The van der Waals surface area contributed by atoms with Gasteiger partial charge in [-0.15, -0.1) is 0 Å². The van der Waals surface area contributed by atoms with Crippen LogP contribution < -0.4 is 5.32 Å². The van der Waals surface area contributed by atoms with Gasteiger partial charge in [0.1, 0.15) is 0 Å². The van der Waals surface area contributed by atoms with Gasteiger partial charge in [-0.05, 0) is 39.9 Å². The molecule has 5 rings (SSSR count). The van der Waals surface area contributed by atoms with Crippen LogP contribution in [0, 0.1) is 0 Å². The van der Waals surface area contributed by atoms with E-state index in [4.69, 9.17) is 9.47 Å². The monoisotopic (exact) mass is 569 g/mol. The van der Waals surface area contributed by atoms with E-state index in [2.05, 4.69) is 23.5 Å². The Hall–Kier alpha value is -3.46. The normalized spacial score (nSPS) is 18.6. The van der Waals surface area contributed by atoms with Crippen LogP contribution in [0.15, 0.2) is 103 Å². The molecule has 4 aromatic rings. The minimum atomic E-state index is -0.527. The fourth-order valence-corrected chi connectivity index (χ4v) is 5.72. The number of aliphatic hydroxyl groups excluding tert-OH is 2. The molecule has 0 bridgehead atoms. The van der Waals surface area contributed by atoms with E-state index >= 15 is 0 Å². The first kappa shape index (κ1) is 29.0. The molecule has 1 amide bonds. The molecule has 4 aromatic carbocycles. The number of ether oxygens (including phenoxy) is 2. The molecular weight excluding hydrogens is 534 g/mol. The maximum atomic E-state index is 12.6. The van der Waals surface area contributed by atoms with Gasteiger partial charge in [-0.2, -0.15) is 11.8 Å². The Morgan fingerprint density at radius 3 is 2.27 bits per heavy atom. The van der Waals surface area contributed by atoms with Crippen LogP contribution in [0.2, 0.25) is 0 Å². The van der Waals surface area contributed by atoms with Gasteiger partial charge in [0.05, 0.1) is 25.4 Å². The van der Waals surface area contributed by atoms with Crippen molar-refractivity contribution in [1.82, 2.24) is 5.32 Å². The Labute approximate surface area is 245 Å². The van der Waals surface area contributed by atoms with E-state index in [9.17, 15) is 15.0 Å². The van der Waals surface area contributed by atoms with Crippen LogP contribution in [-0.4, -0.2) is 40.3 Å². The van der Waals surface area contributed by atoms with Crippen LogP contribution in [0.1, 0.15) is 51.4 Å². The van der Waals surface area contributed by atoms with E-state index in [1.165, 1.54) is 0 Å². The third-order valence-corrected chi connectivity index (χ3v) is 8.22. The van der Waals surface area contributed by atoms with Gasteiger partial charge in [0.15, 0.2) is 6.29 Å². The van der Waals surface area contributed by atoms with Gasteiger partial charge in [0.25, 0.3) is 5.91 Å². The van der Waals surface area contributed by atoms with Crippen molar-refractivity contribution in [2.45, 2.75) is 38.1 Å². The Morgan fingerprint density at radius 1 is 0.829 bits per heavy atom. The second-order valence-corrected chi connectivity index (χ2v) is 11.1. The van der Waals surface area contributed by atoms with Gasteiger partial charge in [0, 0.05) is 35.6 Å². The molecule has 3 N–H and O–H groups in total. The Morgan fingerprint density at radius 2 is 1.54 bits per heavy atom. The molecule has 0 saturated carbocycles. The second kappa shape index (κ2) is 14.4. The van der Waals surface area contributed by atoms with Gasteiger partial charge in [0.2, 0.25) is 0 Å². The average Bonchev–Trinajstić information content (AvgIpc) is 3.04. The molecule has 1 saturated heterocycles. The lowest BCUT2D eigenvalue weighted by atomic mass is 9.97. The van der Waals surface area contributed by atoms with Gasteiger partial charge in [-0.1, -0.05) is 91.0 Å². The Bertz CT molecular complexity index is 1400. The highest BCUT2D eigenvalue weighted by Crippen LogP contribution is 2.39. The highest BCUT2D eigenvalue weighted by Gasteiger charge is 2.32. The molecular formula is C34H35NO5S. The number of aliphatic hydroxyl groups is 2. The molecule has 0 spiro atoms. The maximum absolute atomic E-state index is 12.6. The highest BCUT2D eigenvalue weighted by atomic mass is 32.2. The summed E-state index contributed by atoms with van der Waals surface area (Å²) in [6.45, 7) is 0.569. The summed E-state index contributed by atoms with van der Waals surface area (Å²) >= 11 is 1.67. The first-order valence-corrected chi connectivity index (χ1v) is 15.0. The van der Waals surface area contributed by atoms with Gasteiger partial charge in [-0.25, -0.2) is 0 Å². The molecule has 6 nitrogen and oxygen atoms in total. The number of rotatable bonds is 11. The molecule has 1 aliphatic rings. The predicted octanol–water partition coefficient (Wildman–Crippen LogP) is 6.05. The molecule has 0 aliphatic carbocycles. The van der Waals surface area contributed by atoms with E-state index < -0.39 is 6.29 Å². The number of amides is 1. The lowest BCUT2D eigenvalue weighted by Gasteiger charge is -2.36. The minimum absolute atomic E-state index is 0.00678. The SMILES string of the molecule is O=C(NCc1ccccc1-c1ccc([C@@H]2O[C@H](CSCCO)C[C@H](c3ccc(CO)cc3)O2)cc1)c1ccccc1. The van der Waals surface area contributed by atoms with Crippen molar-refractivity contribution in [2.24, 2.45) is 0 Å². The highest BCUT2D eigenvalue weighted by molar-refractivity contribution is 7.99. The molecule has 3 atom stereocenters. The summed E-state index contributed by atoms with van der Waals surface area (Å²) in [4.78, 5) is 12.6. The standard InChI is InChI=1S/C34H35NO5S/c36-18-19-41-23-30-20-32(26-12-10-24(22-37)11-13-26)40-34(39-30)28-16-14-25(15-17-28)31-9-5-4-8-29(31)21-35-33(38)27-6-2-1-3-7-27/h1-17,30,32,34,36-37H,18-23H2,(H,35,38)/t30-,32+,34+/m0/s1. The first-order valence-electron chi connectivity index (χ1n) is 13.9. The molecule has 0 radical (unpaired) electrons. The van der Waals surface area contributed by atoms with Crippen LogP contribution in [0.5, 0.6) is 0 Å². The molecule has 0 aromatic heterocycles. The number of carbonyl (C=O) groups is 1. The van der Waals surface area contributed by atoms with E-state index in [1.807, 2.05) is 72.8 Å². The Balaban J connectivity index is 1.31. The fraction of sp³-hybridized carbons (Fsp3) is 0.265. The lowest BCUT2D eigenvalue weighted by Crippen LogP contribution is -2.31. The van der Waals surface area contributed by atoms with Crippen molar-refractivity contribution >= 4 is 17.7 Å². The number of carbonyl (C=O) groups excluding carboxylic acids is 1. The second-order valence-electron chi connectivity index (χ2n) is 9.98. The molecule has 212 valence electrons. The summed E-state index contributed by atoms with van der Waals surface area (Å²) in [5, 5.41) is 21.7. The van der Waals surface area contributed by atoms with Crippen molar-refractivity contribution in [3.05, 3.63) is 131 Å². The van der Waals surface area contributed by atoms with Crippen LogP contribution >= 0.6 is 11.8 Å². The van der Waals surface area contributed by atoms with E-state index in [1.54, 1.807) is 23.9 Å². The topological polar surface area (TPSA) is 88.0 Å². The molecule has 0 unspecified atom stereocenters. The molecule has 1 aliphatic heterocycles. The summed E-state index contributed by atoms with van der Waals surface area (Å²) < 4.78 is 12.8. The third-order valence-electron chi connectivity index (χ3n) is 7.14. The molecule has 1 heterocycles. The summed E-state index contributed by atoms with van der Waals surface area (Å²) in [7, 11) is 0. The van der Waals surface area contributed by atoms with Gasteiger partial charge in [-0.3, -0.25) is 4.79 Å². The van der Waals surface area contributed by atoms with Crippen molar-refractivity contribution < 1.29 is 24.5 Å². The molecule has 1 fully saturated rings. The zero-order valence-electron chi connectivity index (χ0n) is 22.8. The number of benzene rings is 4. The zero-order valence-corrected chi connectivity index (χ0v) is 23.6. The first-order chi connectivity index (χ1) is 20.1. The third kappa shape index (κ3) is 7.64. The summed E-state index contributed by atoms with van der Waals surface area (Å²) in [5.41, 5.74) is 6.61. The maximum Gasteiger partial charge on any atom is 0.251 e. The average molecular weight is 570 g/mol. The van der Waals surface area contributed by atoms with Crippen LogP contribution in [0.25, 0.3) is 11.1 Å². The predicted molar refractivity (Wildman–Crippen MR) is 162 cm³/mol. The molecule has 41 heavy (non-hydrogen) atoms. The van der Waals surface area contributed by atoms with E-state index in [0.29, 0.717) is 24.3 Å². The Kier molecular flexibility index (Phi) is 10.2. The lowest BCUT2D eigenvalue weighted by molar-refractivity contribution is -0.245. The molecule has 7 heteroatoms. The summed E-state index contributed by atoms with van der Waals surface area (Å²) in [6.07, 6.45) is 0.0184. The van der Waals surface area contributed by atoms with Crippen molar-refractivity contribution in [3.63, 3.8) is 0 Å². The number of hydrogen-bond acceptors (Lipinski definition) is 6. The summed E-state index contributed by atoms with van der Waals surface area (Å²) in [6, 6.07) is 33.4. The number of thioether (sulfide) groups is 1. The number of hydrogen-bond donors (Lipinski definition) is 3. The minimum Gasteiger partial charge on any atom is -0.396 e. The van der Waals surface area contributed by atoms with Crippen LogP contribution in [0.3, 0.4) is 0 Å².